The molecule has 1 saturated heterocycles. The van der Waals surface area contributed by atoms with Crippen molar-refractivity contribution in [2.24, 2.45) is 0 Å². The number of ether oxygens (including phenoxy) is 1. The van der Waals surface area contributed by atoms with E-state index in [0.717, 1.165) is 43.4 Å². The number of hydrogen-bond donors (Lipinski definition) is 3. The Kier molecular flexibility index (Phi) is 8.77. The van der Waals surface area contributed by atoms with E-state index < -0.39 is 12.1 Å². The van der Waals surface area contributed by atoms with Gasteiger partial charge in [0, 0.05) is 30.4 Å². The molecular weight excluding hydrogens is 515 g/mol. The summed E-state index contributed by atoms with van der Waals surface area (Å²) in [6.07, 6.45) is 0.301. The second-order valence-corrected chi connectivity index (χ2v) is 8.89. The molecule has 0 spiro atoms. The third-order valence-corrected chi connectivity index (χ3v) is 5.95. The van der Waals surface area contributed by atoms with Crippen LogP contribution in [0.4, 0.5) is 18.9 Å². The second-order valence-electron chi connectivity index (χ2n) is 8.89. The predicted molar refractivity (Wildman–Crippen MR) is 137 cm³/mol. The largest absolute Gasteiger partial charge is 0.490 e. The van der Waals surface area contributed by atoms with Gasteiger partial charge in [0.25, 0.3) is 5.91 Å². The smallest absolute Gasteiger partial charge is 0.475 e. The number of H-pyrrole nitrogens is 1. The lowest BCUT2D eigenvalue weighted by molar-refractivity contribution is -0.192. The minimum absolute atomic E-state index is 0.00353. The zero-order chi connectivity index (χ0) is 27.8. The molecule has 39 heavy (non-hydrogen) atoms. The van der Waals surface area contributed by atoms with E-state index in [1.165, 1.54) is 5.56 Å². The number of hydrogen-bond acceptors (Lipinski definition) is 6. The molecule has 2 aromatic carbocycles. The van der Waals surface area contributed by atoms with Crippen molar-refractivity contribution in [2.45, 2.75) is 31.7 Å². The molecule has 1 aliphatic rings. The van der Waals surface area contributed by atoms with Gasteiger partial charge >= 0.3 is 12.1 Å². The van der Waals surface area contributed by atoms with Crippen molar-refractivity contribution in [3.8, 4) is 5.88 Å². The number of carboxylic acid groups (broad SMARTS) is 1. The third kappa shape index (κ3) is 7.77. The molecule has 1 fully saturated rings. The number of piperidine rings is 1. The fourth-order valence-electron chi connectivity index (χ4n) is 4.13. The number of carboxylic acids is 1. The van der Waals surface area contributed by atoms with Gasteiger partial charge in [-0.2, -0.15) is 18.3 Å². The minimum atomic E-state index is -5.08. The first-order chi connectivity index (χ1) is 18.7. The van der Waals surface area contributed by atoms with E-state index in [-0.39, 0.29) is 12.0 Å². The van der Waals surface area contributed by atoms with Crippen LogP contribution in [0.15, 0.2) is 73.1 Å². The van der Waals surface area contributed by atoms with Crippen molar-refractivity contribution >= 4 is 28.5 Å². The molecule has 3 N–H and O–H groups in total. The van der Waals surface area contributed by atoms with Gasteiger partial charge in [0.2, 0.25) is 5.88 Å². The summed E-state index contributed by atoms with van der Waals surface area (Å²) in [5, 5.41) is 17.9. The number of amides is 1. The van der Waals surface area contributed by atoms with E-state index in [1.807, 2.05) is 24.3 Å². The molecular formula is C27H26F3N5O4. The number of benzene rings is 2. The number of alkyl halides is 3. The van der Waals surface area contributed by atoms with E-state index in [9.17, 15) is 18.0 Å². The molecule has 5 rings (SSSR count). The summed E-state index contributed by atoms with van der Waals surface area (Å²) in [7, 11) is 0. The molecule has 0 radical (unpaired) electrons. The Hall–Kier alpha value is -4.45. The van der Waals surface area contributed by atoms with E-state index in [4.69, 9.17) is 14.6 Å². The monoisotopic (exact) mass is 541 g/mol. The Morgan fingerprint density at radius 1 is 1.13 bits per heavy atom. The average molecular weight is 542 g/mol. The van der Waals surface area contributed by atoms with Crippen LogP contribution >= 0.6 is 0 Å². The van der Waals surface area contributed by atoms with Crippen molar-refractivity contribution < 1.29 is 32.6 Å². The molecule has 9 nitrogen and oxygen atoms in total. The summed E-state index contributed by atoms with van der Waals surface area (Å²) in [6, 6.07) is 19.6. The quantitative estimate of drug-likeness (QED) is 0.318. The number of pyridine rings is 1. The normalized spacial score (nSPS) is 15.7. The summed E-state index contributed by atoms with van der Waals surface area (Å²) in [5.74, 6) is -2.62. The zero-order valence-electron chi connectivity index (χ0n) is 20.7. The summed E-state index contributed by atoms with van der Waals surface area (Å²) in [5.41, 5.74) is 3.34. The molecule has 1 unspecified atom stereocenters. The number of carbonyl (C=O) groups is 2. The van der Waals surface area contributed by atoms with Gasteiger partial charge < -0.3 is 15.2 Å². The minimum Gasteiger partial charge on any atom is -0.475 e. The fourth-order valence-corrected chi connectivity index (χ4v) is 4.13. The molecule has 204 valence electrons. The molecule has 0 saturated carbocycles. The molecule has 0 bridgehead atoms. The maximum absolute atomic E-state index is 13.0. The molecule has 1 aliphatic heterocycles. The van der Waals surface area contributed by atoms with Gasteiger partial charge in [-0.3, -0.25) is 14.8 Å². The summed E-state index contributed by atoms with van der Waals surface area (Å²) >= 11 is 0. The first-order valence-corrected chi connectivity index (χ1v) is 12.1. The molecule has 1 amide bonds. The van der Waals surface area contributed by atoms with Crippen LogP contribution < -0.4 is 10.1 Å². The number of anilines is 1. The van der Waals surface area contributed by atoms with Crippen LogP contribution in [0.3, 0.4) is 0 Å². The molecule has 4 aromatic rings. The summed E-state index contributed by atoms with van der Waals surface area (Å²) < 4.78 is 38.0. The van der Waals surface area contributed by atoms with Crippen molar-refractivity contribution in [3.05, 3.63) is 84.2 Å². The van der Waals surface area contributed by atoms with E-state index >= 15 is 0 Å². The Morgan fingerprint density at radius 3 is 2.64 bits per heavy atom. The van der Waals surface area contributed by atoms with Crippen LogP contribution in [0, 0.1) is 0 Å². The topological polar surface area (TPSA) is 120 Å². The first kappa shape index (κ1) is 27.6. The Labute approximate surface area is 221 Å². The van der Waals surface area contributed by atoms with Crippen LogP contribution in [-0.4, -0.2) is 62.4 Å². The number of nitrogens with one attached hydrogen (secondary N) is 2. The highest BCUT2D eigenvalue weighted by atomic mass is 19.4. The van der Waals surface area contributed by atoms with Gasteiger partial charge in [-0.25, -0.2) is 9.78 Å². The lowest BCUT2D eigenvalue weighted by Crippen LogP contribution is -2.41. The molecule has 0 aliphatic carbocycles. The van der Waals surface area contributed by atoms with Crippen molar-refractivity contribution in [1.29, 1.82) is 0 Å². The van der Waals surface area contributed by atoms with E-state index in [1.54, 1.807) is 24.5 Å². The van der Waals surface area contributed by atoms with Gasteiger partial charge in [-0.15, -0.1) is 0 Å². The number of fused-ring (bicyclic) bond motifs is 1. The SMILES string of the molecule is O=C(Nc1ccc2[nH]ncc2c1)c1cccnc1OC1CCCN(Cc2ccccc2)C1.O=C(O)C(F)(F)F. The highest BCUT2D eigenvalue weighted by Gasteiger charge is 2.38. The number of aliphatic carboxylic acids is 1. The summed E-state index contributed by atoms with van der Waals surface area (Å²) in [4.78, 5) is 28.7. The number of aromatic nitrogens is 3. The number of halogens is 3. The van der Waals surface area contributed by atoms with Crippen molar-refractivity contribution in [1.82, 2.24) is 20.1 Å². The van der Waals surface area contributed by atoms with Crippen LogP contribution in [0.5, 0.6) is 5.88 Å². The van der Waals surface area contributed by atoms with Crippen LogP contribution in [0.2, 0.25) is 0 Å². The fraction of sp³-hybridized carbons (Fsp3) is 0.259. The van der Waals surface area contributed by atoms with Crippen LogP contribution in [0.25, 0.3) is 10.9 Å². The number of aromatic amines is 1. The highest BCUT2D eigenvalue weighted by Crippen LogP contribution is 2.23. The van der Waals surface area contributed by atoms with Crippen molar-refractivity contribution in [2.75, 3.05) is 18.4 Å². The Bertz CT molecular complexity index is 1410. The summed E-state index contributed by atoms with van der Waals surface area (Å²) in [6.45, 7) is 2.75. The molecule has 2 aromatic heterocycles. The highest BCUT2D eigenvalue weighted by molar-refractivity contribution is 6.06. The Morgan fingerprint density at radius 2 is 1.90 bits per heavy atom. The lowest BCUT2D eigenvalue weighted by Gasteiger charge is -2.32. The Balaban J connectivity index is 0.000000448. The standard InChI is InChI=1S/C25H25N5O2.C2HF3O2/c31-24(28-20-10-11-23-19(14-20)15-27-29-23)22-9-4-12-26-25(22)32-21-8-5-13-30(17-21)16-18-6-2-1-3-7-18;3-2(4,5)1(6)7/h1-4,6-7,9-12,14-15,21H,5,8,13,16-17H2,(H,27,29)(H,28,31);(H,6,7). The van der Waals surface area contributed by atoms with Crippen LogP contribution in [-0.2, 0) is 11.3 Å². The number of rotatable bonds is 6. The van der Waals surface area contributed by atoms with Gasteiger partial charge in [0.1, 0.15) is 11.7 Å². The van der Waals surface area contributed by atoms with Gasteiger partial charge in [0.05, 0.1) is 11.7 Å². The number of nitrogens with zero attached hydrogens (tertiary/aromatic N) is 3. The number of likely N-dealkylation sites (tertiary alicyclic amines) is 1. The van der Waals surface area contributed by atoms with E-state index in [2.05, 4.69) is 49.7 Å². The van der Waals surface area contributed by atoms with Gasteiger partial charge in [-0.05, 0) is 55.3 Å². The second kappa shape index (κ2) is 12.4. The van der Waals surface area contributed by atoms with Crippen molar-refractivity contribution in [3.63, 3.8) is 0 Å². The predicted octanol–water partition coefficient (Wildman–Crippen LogP) is 4.89. The zero-order valence-corrected chi connectivity index (χ0v) is 20.7. The third-order valence-electron chi connectivity index (χ3n) is 5.95. The molecule has 1 atom stereocenters. The molecule has 3 heterocycles. The lowest BCUT2D eigenvalue weighted by atomic mass is 10.1. The maximum Gasteiger partial charge on any atom is 0.490 e. The number of carbonyl (C=O) groups excluding carboxylic acids is 1. The van der Waals surface area contributed by atoms with Gasteiger partial charge in [0.15, 0.2) is 0 Å². The maximum atomic E-state index is 13.0. The van der Waals surface area contributed by atoms with E-state index in [0.29, 0.717) is 17.1 Å². The average Bonchev–Trinajstić information content (AvgIpc) is 3.38. The molecule has 12 heteroatoms. The first-order valence-electron chi connectivity index (χ1n) is 12.1. The van der Waals surface area contributed by atoms with Crippen LogP contribution in [0.1, 0.15) is 28.8 Å². The van der Waals surface area contributed by atoms with Gasteiger partial charge in [-0.1, -0.05) is 30.3 Å².